The molecule has 1 N–H and O–H groups in total. The molecule has 0 bridgehead atoms. The van der Waals surface area contributed by atoms with E-state index in [1.54, 1.807) is 0 Å². The Morgan fingerprint density at radius 3 is 3.09 bits per heavy atom. The van der Waals surface area contributed by atoms with Crippen molar-refractivity contribution < 1.29 is 4.79 Å². The summed E-state index contributed by atoms with van der Waals surface area (Å²) < 4.78 is 0. The van der Waals surface area contributed by atoms with Crippen LogP contribution >= 0.6 is 11.6 Å². The summed E-state index contributed by atoms with van der Waals surface area (Å²) in [4.78, 5) is 13.2. The van der Waals surface area contributed by atoms with Crippen LogP contribution < -0.4 is 5.32 Å². The zero-order valence-electron chi connectivity index (χ0n) is 6.64. The second kappa shape index (κ2) is 4.04. The lowest BCUT2D eigenvalue weighted by Gasteiger charge is -2.31. The SMILES string of the molecule is CN1CCNCC1C(=O)CCl. The fourth-order valence-corrected chi connectivity index (χ4v) is 1.43. The number of nitrogens with zero attached hydrogens (tertiary/aromatic N) is 1. The molecule has 0 saturated carbocycles. The van der Waals surface area contributed by atoms with Crippen LogP contribution in [0.15, 0.2) is 0 Å². The molecule has 1 saturated heterocycles. The van der Waals surface area contributed by atoms with Gasteiger partial charge < -0.3 is 5.32 Å². The van der Waals surface area contributed by atoms with E-state index >= 15 is 0 Å². The predicted octanol–water partition coefficient (Wildman–Crippen LogP) is -0.302. The van der Waals surface area contributed by atoms with Crippen molar-refractivity contribution in [1.82, 2.24) is 10.2 Å². The number of carbonyl (C=O) groups is 1. The minimum atomic E-state index is -0.0127. The lowest BCUT2D eigenvalue weighted by Crippen LogP contribution is -2.53. The van der Waals surface area contributed by atoms with Crippen LogP contribution in [-0.4, -0.2) is 49.3 Å². The minimum absolute atomic E-state index is 0.0127. The number of piperazine rings is 1. The fourth-order valence-electron chi connectivity index (χ4n) is 1.25. The molecule has 1 unspecified atom stereocenters. The van der Waals surface area contributed by atoms with Crippen LogP contribution in [0.5, 0.6) is 0 Å². The van der Waals surface area contributed by atoms with Crippen LogP contribution in [0.2, 0.25) is 0 Å². The molecule has 1 rings (SSSR count). The highest BCUT2D eigenvalue weighted by atomic mass is 35.5. The van der Waals surface area contributed by atoms with Gasteiger partial charge in [0, 0.05) is 19.6 Å². The molecule has 1 heterocycles. The zero-order valence-corrected chi connectivity index (χ0v) is 7.40. The number of ketones is 1. The average molecular weight is 177 g/mol. The Kier molecular flexibility index (Phi) is 3.30. The van der Waals surface area contributed by atoms with Crippen molar-refractivity contribution in [2.45, 2.75) is 6.04 Å². The number of likely N-dealkylation sites (N-methyl/N-ethyl adjacent to an activating group) is 1. The number of alkyl halides is 1. The molecule has 0 amide bonds. The maximum atomic E-state index is 11.2. The summed E-state index contributed by atoms with van der Waals surface area (Å²) in [5, 5.41) is 3.16. The Morgan fingerprint density at radius 2 is 2.55 bits per heavy atom. The monoisotopic (exact) mass is 176 g/mol. The number of Topliss-reactive ketones (excluding diaryl/α,β-unsaturated/α-hetero) is 1. The summed E-state index contributed by atoms with van der Waals surface area (Å²) in [6.07, 6.45) is 0. The van der Waals surface area contributed by atoms with E-state index in [0.717, 1.165) is 19.6 Å². The van der Waals surface area contributed by atoms with Crippen LogP contribution in [0.3, 0.4) is 0 Å². The van der Waals surface area contributed by atoms with Gasteiger partial charge >= 0.3 is 0 Å². The Labute approximate surface area is 71.7 Å². The van der Waals surface area contributed by atoms with Gasteiger partial charge in [0.25, 0.3) is 0 Å². The first kappa shape index (κ1) is 8.97. The summed E-state index contributed by atoms with van der Waals surface area (Å²) >= 11 is 5.45. The van der Waals surface area contributed by atoms with Gasteiger partial charge in [-0.3, -0.25) is 9.69 Å². The van der Waals surface area contributed by atoms with E-state index < -0.39 is 0 Å². The van der Waals surface area contributed by atoms with Gasteiger partial charge in [-0.1, -0.05) is 0 Å². The van der Waals surface area contributed by atoms with Crippen LogP contribution in [0.4, 0.5) is 0 Å². The molecule has 0 radical (unpaired) electrons. The van der Waals surface area contributed by atoms with Crippen LogP contribution in [0.25, 0.3) is 0 Å². The first-order valence-electron chi connectivity index (χ1n) is 3.75. The standard InChI is InChI=1S/C7H13ClN2O/c1-10-3-2-9-5-6(10)7(11)4-8/h6,9H,2-5H2,1H3. The van der Waals surface area contributed by atoms with Gasteiger partial charge in [0.1, 0.15) is 0 Å². The first-order chi connectivity index (χ1) is 5.25. The number of rotatable bonds is 2. The van der Waals surface area contributed by atoms with Crippen molar-refractivity contribution in [3.8, 4) is 0 Å². The smallest absolute Gasteiger partial charge is 0.165 e. The van der Waals surface area contributed by atoms with E-state index in [9.17, 15) is 4.79 Å². The Morgan fingerprint density at radius 1 is 1.82 bits per heavy atom. The largest absolute Gasteiger partial charge is 0.313 e. The van der Waals surface area contributed by atoms with E-state index in [-0.39, 0.29) is 17.7 Å². The van der Waals surface area contributed by atoms with E-state index in [1.165, 1.54) is 0 Å². The van der Waals surface area contributed by atoms with Crippen molar-refractivity contribution in [2.75, 3.05) is 32.6 Å². The van der Waals surface area contributed by atoms with Crippen LogP contribution in [0.1, 0.15) is 0 Å². The van der Waals surface area contributed by atoms with Gasteiger partial charge in [-0.25, -0.2) is 0 Å². The molecule has 11 heavy (non-hydrogen) atoms. The van der Waals surface area contributed by atoms with Gasteiger partial charge in [-0.05, 0) is 7.05 Å². The van der Waals surface area contributed by atoms with E-state index in [0.29, 0.717) is 0 Å². The highest BCUT2D eigenvalue weighted by Crippen LogP contribution is 2.01. The molecule has 0 spiro atoms. The highest BCUT2D eigenvalue weighted by molar-refractivity contribution is 6.28. The maximum absolute atomic E-state index is 11.2. The van der Waals surface area contributed by atoms with Crippen LogP contribution in [0, 0.1) is 0 Å². The van der Waals surface area contributed by atoms with Gasteiger partial charge in [0.2, 0.25) is 0 Å². The summed E-state index contributed by atoms with van der Waals surface area (Å²) in [6, 6.07) is -0.0127. The minimum Gasteiger partial charge on any atom is -0.313 e. The van der Waals surface area contributed by atoms with Crippen molar-refractivity contribution in [3.63, 3.8) is 0 Å². The quantitative estimate of drug-likeness (QED) is 0.587. The molecular formula is C7H13ClN2O. The predicted molar refractivity (Wildman–Crippen MR) is 45.0 cm³/mol. The molecule has 3 nitrogen and oxygen atoms in total. The second-order valence-corrected chi connectivity index (χ2v) is 3.07. The summed E-state index contributed by atoms with van der Waals surface area (Å²) in [7, 11) is 1.95. The number of halogens is 1. The normalized spacial score (nSPS) is 26.9. The third-order valence-corrected chi connectivity index (χ3v) is 2.28. The van der Waals surface area contributed by atoms with Gasteiger partial charge in [-0.2, -0.15) is 0 Å². The third-order valence-electron chi connectivity index (χ3n) is 2.01. The lowest BCUT2D eigenvalue weighted by atomic mass is 10.1. The van der Waals surface area contributed by atoms with E-state index in [1.807, 2.05) is 11.9 Å². The van der Waals surface area contributed by atoms with E-state index in [4.69, 9.17) is 11.6 Å². The van der Waals surface area contributed by atoms with Crippen LogP contribution in [-0.2, 0) is 4.79 Å². The molecule has 1 aliphatic rings. The molecule has 64 valence electrons. The summed E-state index contributed by atoms with van der Waals surface area (Å²) in [5.41, 5.74) is 0. The zero-order chi connectivity index (χ0) is 8.27. The van der Waals surface area contributed by atoms with Gasteiger partial charge in [0.05, 0.1) is 11.9 Å². The number of carbonyl (C=O) groups excluding carboxylic acids is 1. The Bertz CT molecular complexity index is 151. The van der Waals surface area contributed by atoms with Crippen molar-refractivity contribution in [1.29, 1.82) is 0 Å². The molecule has 4 heteroatoms. The molecular weight excluding hydrogens is 164 g/mol. The van der Waals surface area contributed by atoms with Gasteiger partial charge in [-0.15, -0.1) is 11.6 Å². The number of hydrogen-bond donors (Lipinski definition) is 1. The summed E-state index contributed by atoms with van der Waals surface area (Å²) in [6.45, 7) is 2.62. The second-order valence-electron chi connectivity index (χ2n) is 2.80. The fraction of sp³-hybridized carbons (Fsp3) is 0.857. The third kappa shape index (κ3) is 2.15. The molecule has 0 aromatic heterocycles. The van der Waals surface area contributed by atoms with Gasteiger partial charge in [0.15, 0.2) is 5.78 Å². The molecule has 1 fully saturated rings. The molecule has 1 atom stereocenters. The molecule has 0 aliphatic carbocycles. The van der Waals surface area contributed by atoms with Crippen molar-refractivity contribution >= 4 is 17.4 Å². The highest BCUT2D eigenvalue weighted by Gasteiger charge is 2.24. The Hall–Kier alpha value is -0.120. The average Bonchev–Trinajstić information content (AvgIpc) is 2.04. The number of hydrogen-bond acceptors (Lipinski definition) is 3. The molecule has 0 aromatic carbocycles. The topological polar surface area (TPSA) is 32.3 Å². The maximum Gasteiger partial charge on any atom is 0.165 e. The molecule has 1 aliphatic heterocycles. The van der Waals surface area contributed by atoms with Crippen molar-refractivity contribution in [3.05, 3.63) is 0 Å². The van der Waals surface area contributed by atoms with Crippen molar-refractivity contribution in [2.24, 2.45) is 0 Å². The summed E-state index contributed by atoms with van der Waals surface area (Å²) in [5.74, 6) is 0.234. The van der Waals surface area contributed by atoms with E-state index in [2.05, 4.69) is 5.32 Å². The first-order valence-corrected chi connectivity index (χ1v) is 4.29. The Balaban J connectivity index is 2.47. The lowest BCUT2D eigenvalue weighted by molar-refractivity contribution is -0.121. The number of nitrogens with one attached hydrogen (secondary N) is 1. The molecule has 0 aromatic rings.